The van der Waals surface area contributed by atoms with Crippen LogP contribution in [0.5, 0.6) is 5.75 Å². The van der Waals surface area contributed by atoms with E-state index in [0.29, 0.717) is 23.0 Å². The van der Waals surface area contributed by atoms with Gasteiger partial charge < -0.3 is 14.0 Å². The molecule has 0 saturated carbocycles. The quantitative estimate of drug-likeness (QED) is 0.491. The van der Waals surface area contributed by atoms with Gasteiger partial charge in [0.05, 0.1) is 6.61 Å². The number of benzene rings is 2. The van der Waals surface area contributed by atoms with E-state index in [4.69, 9.17) is 21.1 Å². The van der Waals surface area contributed by atoms with Crippen molar-refractivity contribution in [3.05, 3.63) is 64.8 Å². The van der Waals surface area contributed by atoms with Gasteiger partial charge in [0.1, 0.15) is 11.4 Å². The number of esters is 2. The molecule has 0 bridgehead atoms. The van der Waals surface area contributed by atoms with Gasteiger partial charge in [-0.25, -0.2) is 4.79 Å². The average Bonchev–Trinajstić information content (AvgIpc) is 2.92. The molecular formula is C20H18ClNO4. The molecular weight excluding hydrogens is 354 g/mol. The second-order valence-corrected chi connectivity index (χ2v) is 6.22. The second kappa shape index (κ2) is 7.62. The van der Waals surface area contributed by atoms with Gasteiger partial charge >= 0.3 is 11.9 Å². The van der Waals surface area contributed by atoms with Gasteiger partial charge in [0.25, 0.3) is 0 Å². The zero-order valence-corrected chi connectivity index (χ0v) is 15.2. The number of ether oxygens (including phenoxy) is 2. The summed E-state index contributed by atoms with van der Waals surface area (Å²) in [7, 11) is 0. The molecule has 0 saturated heterocycles. The molecule has 5 nitrogen and oxygen atoms in total. The number of rotatable bonds is 5. The van der Waals surface area contributed by atoms with Crippen LogP contribution < -0.4 is 4.74 Å². The van der Waals surface area contributed by atoms with E-state index >= 15 is 0 Å². The Labute approximate surface area is 156 Å². The van der Waals surface area contributed by atoms with Crippen molar-refractivity contribution in [3.8, 4) is 5.75 Å². The lowest BCUT2D eigenvalue weighted by Gasteiger charge is -2.11. The smallest absolute Gasteiger partial charge is 0.354 e. The van der Waals surface area contributed by atoms with E-state index in [1.54, 1.807) is 31.2 Å². The molecule has 1 aromatic heterocycles. The molecule has 0 atom stereocenters. The summed E-state index contributed by atoms with van der Waals surface area (Å²) in [6.45, 7) is 3.86. The molecule has 3 aromatic rings. The van der Waals surface area contributed by atoms with Crippen LogP contribution in [0, 0.1) is 0 Å². The number of aromatic nitrogens is 1. The van der Waals surface area contributed by atoms with Crippen LogP contribution in [-0.4, -0.2) is 23.1 Å². The summed E-state index contributed by atoms with van der Waals surface area (Å²) in [4.78, 5) is 23.6. The number of halogens is 1. The zero-order chi connectivity index (χ0) is 18.7. The molecule has 0 spiro atoms. The lowest BCUT2D eigenvalue weighted by molar-refractivity contribution is -0.131. The highest BCUT2D eigenvalue weighted by atomic mass is 35.5. The zero-order valence-electron chi connectivity index (χ0n) is 14.5. The monoisotopic (exact) mass is 371 g/mol. The molecule has 0 aliphatic carbocycles. The molecule has 1 heterocycles. The average molecular weight is 372 g/mol. The number of fused-ring (bicyclic) bond motifs is 1. The normalized spacial score (nSPS) is 10.7. The number of nitrogens with zero attached hydrogens (tertiary/aromatic N) is 1. The van der Waals surface area contributed by atoms with Crippen LogP contribution in [0.2, 0.25) is 5.02 Å². The van der Waals surface area contributed by atoms with Crippen LogP contribution in [0.15, 0.2) is 48.5 Å². The number of carbonyl (C=O) groups is 2. The Morgan fingerprint density at radius 2 is 1.92 bits per heavy atom. The van der Waals surface area contributed by atoms with Crippen LogP contribution in [-0.2, 0) is 16.1 Å². The highest BCUT2D eigenvalue weighted by molar-refractivity contribution is 6.30. The topological polar surface area (TPSA) is 57.5 Å². The lowest BCUT2D eigenvalue weighted by atomic mass is 10.2. The van der Waals surface area contributed by atoms with Gasteiger partial charge in [0, 0.05) is 29.4 Å². The highest BCUT2D eigenvalue weighted by Gasteiger charge is 2.17. The fraction of sp³-hybridized carbons (Fsp3) is 0.200. The predicted octanol–water partition coefficient (Wildman–Crippen LogP) is 4.45. The van der Waals surface area contributed by atoms with Crippen LogP contribution in [0.25, 0.3) is 10.9 Å². The van der Waals surface area contributed by atoms with Crippen molar-refractivity contribution in [2.24, 2.45) is 0 Å². The minimum absolute atomic E-state index is 0.288. The van der Waals surface area contributed by atoms with Crippen molar-refractivity contribution in [1.82, 2.24) is 4.57 Å². The summed E-state index contributed by atoms with van der Waals surface area (Å²) in [5.41, 5.74) is 2.23. The summed E-state index contributed by atoms with van der Waals surface area (Å²) in [6, 6.07) is 14.5. The fourth-order valence-electron chi connectivity index (χ4n) is 2.84. The van der Waals surface area contributed by atoms with E-state index < -0.39 is 11.9 Å². The minimum atomic E-state index is -0.403. The van der Waals surface area contributed by atoms with Gasteiger partial charge in [-0.05, 0) is 48.9 Å². The van der Waals surface area contributed by atoms with Gasteiger partial charge in [-0.3, -0.25) is 4.79 Å². The van der Waals surface area contributed by atoms with Crippen molar-refractivity contribution in [1.29, 1.82) is 0 Å². The first kappa shape index (κ1) is 18.0. The molecule has 6 heteroatoms. The van der Waals surface area contributed by atoms with Crippen LogP contribution in [0.4, 0.5) is 0 Å². The molecule has 0 N–H and O–H groups in total. The lowest BCUT2D eigenvalue weighted by Crippen LogP contribution is -2.12. The van der Waals surface area contributed by atoms with Gasteiger partial charge in [-0.2, -0.15) is 0 Å². The molecule has 134 valence electrons. The molecule has 2 aromatic carbocycles. The summed E-state index contributed by atoms with van der Waals surface area (Å²) in [5.74, 6) is -0.367. The van der Waals surface area contributed by atoms with Crippen molar-refractivity contribution < 1.29 is 19.1 Å². The molecule has 3 rings (SSSR count). The number of carbonyl (C=O) groups excluding carboxylic acids is 2. The van der Waals surface area contributed by atoms with Gasteiger partial charge in [0.2, 0.25) is 0 Å². The van der Waals surface area contributed by atoms with E-state index in [1.165, 1.54) is 6.92 Å². The third-order valence-electron chi connectivity index (χ3n) is 3.85. The van der Waals surface area contributed by atoms with E-state index in [2.05, 4.69) is 0 Å². The minimum Gasteiger partial charge on any atom is -0.461 e. The predicted molar refractivity (Wildman–Crippen MR) is 99.8 cm³/mol. The van der Waals surface area contributed by atoms with Gasteiger partial charge in [-0.1, -0.05) is 23.7 Å². The van der Waals surface area contributed by atoms with E-state index in [1.807, 2.05) is 28.8 Å². The van der Waals surface area contributed by atoms with Crippen molar-refractivity contribution in [2.45, 2.75) is 20.4 Å². The highest BCUT2D eigenvalue weighted by Crippen LogP contribution is 2.27. The van der Waals surface area contributed by atoms with E-state index in [-0.39, 0.29) is 6.61 Å². The molecule has 26 heavy (non-hydrogen) atoms. The second-order valence-electron chi connectivity index (χ2n) is 5.78. The third kappa shape index (κ3) is 3.89. The Balaban J connectivity index is 2.09. The first-order valence-corrected chi connectivity index (χ1v) is 8.59. The first-order valence-electron chi connectivity index (χ1n) is 8.21. The Morgan fingerprint density at radius 1 is 1.12 bits per heavy atom. The summed E-state index contributed by atoms with van der Waals surface area (Å²) >= 11 is 6.08. The Bertz CT molecular complexity index is 977. The van der Waals surface area contributed by atoms with E-state index in [0.717, 1.165) is 16.5 Å². The molecule has 0 amide bonds. The molecule has 0 fully saturated rings. The number of hydrogen-bond acceptors (Lipinski definition) is 4. The molecule has 0 aliphatic rings. The maximum atomic E-state index is 12.4. The van der Waals surface area contributed by atoms with Crippen LogP contribution in [0.1, 0.15) is 29.9 Å². The Morgan fingerprint density at radius 3 is 2.62 bits per heavy atom. The molecule has 0 aliphatic heterocycles. The summed E-state index contributed by atoms with van der Waals surface area (Å²) < 4.78 is 12.2. The maximum absolute atomic E-state index is 12.4. The van der Waals surface area contributed by atoms with Crippen LogP contribution >= 0.6 is 11.6 Å². The van der Waals surface area contributed by atoms with Gasteiger partial charge in [0.15, 0.2) is 0 Å². The largest absolute Gasteiger partial charge is 0.461 e. The van der Waals surface area contributed by atoms with E-state index in [9.17, 15) is 9.59 Å². The van der Waals surface area contributed by atoms with Crippen molar-refractivity contribution in [2.75, 3.05) is 6.61 Å². The van der Waals surface area contributed by atoms with Crippen molar-refractivity contribution >= 4 is 34.4 Å². The maximum Gasteiger partial charge on any atom is 0.354 e. The van der Waals surface area contributed by atoms with Crippen molar-refractivity contribution in [3.63, 3.8) is 0 Å². The fourth-order valence-corrected chi connectivity index (χ4v) is 3.05. The number of hydrogen-bond donors (Lipinski definition) is 0. The Hall–Kier alpha value is -2.79. The summed E-state index contributed by atoms with van der Waals surface area (Å²) in [5, 5.41) is 1.42. The third-order valence-corrected chi connectivity index (χ3v) is 4.08. The van der Waals surface area contributed by atoms with Gasteiger partial charge in [-0.15, -0.1) is 0 Å². The Kier molecular flexibility index (Phi) is 5.28. The standard InChI is InChI=1S/C20H18ClNO4/c1-3-25-20(24)19-11-15-10-17(26-13(2)23)7-8-18(15)22(19)12-14-5-4-6-16(21)9-14/h4-11H,3,12H2,1-2H3. The van der Waals surface area contributed by atoms with Crippen LogP contribution in [0.3, 0.4) is 0 Å². The SMILES string of the molecule is CCOC(=O)c1cc2cc(OC(C)=O)ccc2n1Cc1cccc(Cl)c1. The summed E-state index contributed by atoms with van der Waals surface area (Å²) in [6.07, 6.45) is 0. The molecule has 0 radical (unpaired) electrons. The first-order chi connectivity index (χ1) is 12.5. The molecule has 0 unspecified atom stereocenters.